The molecule has 2 heterocycles. The molecule has 10 nitrogen and oxygen atoms in total. The molecular weight excluding hydrogens is 809 g/mol. The van der Waals surface area contributed by atoms with Crippen LogP contribution in [0.2, 0.25) is 0 Å². The molecule has 6 aromatic carbocycles. The Kier molecular flexibility index (Phi) is 16.9. The lowest BCUT2D eigenvalue weighted by atomic mass is 9.96. The summed E-state index contributed by atoms with van der Waals surface area (Å²) in [6.07, 6.45) is -8.44. The van der Waals surface area contributed by atoms with Crippen molar-refractivity contribution in [1.82, 2.24) is 0 Å². The summed E-state index contributed by atoms with van der Waals surface area (Å²) in [5, 5.41) is 11.8. The molecule has 8 rings (SSSR count). The van der Waals surface area contributed by atoms with E-state index in [2.05, 4.69) is 0 Å². The third-order valence-corrected chi connectivity index (χ3v) is 11.4. The lowest BCUT2D eigenvalue weighted by Crippen LogP contribution is -2.65. The van der Waals surface area contributed by atoms with Gasteiger partial charge in [0.15, 0.2) is 12.6 Å². The van der Waals surface area contributed by atoms with E-state index < -0.39 is 61.4 Å². The smallest absolute Gasteiger partial charge is 0.187 e. The molecule has 0 aromatic heterocycles. The summed E-state index contributed by atoms with van der Waals surface area (Å²) < 4.78 is 60.8. The van der Waals surface area contributed by atoms with Crippen LogP contribution in [0, 0.1) is 0 Å². The maximum absolute atomic E-state index is 11.8. The normalized spacial score (nSPS) is 25.8. The zero-order valence-electron chi connectivity index (χ0n) is 36.2. The van der Waals surface area contributed by atoms with Crippen LogP contribution in [0.15, 0.2) is 182 Å². The quantitative estimate of drug-likeness (QED) is 0.0755. The van der Waals surface area contributed by atoms with Crippen LogP contribution in [-0.2, 0) is 82.3 Å². The topological polar surface area (TPSA) is 103 Å². The first kappa shape index (κ1) is 45.5. The Morgan fingerprint density at radius 2 is 0.703 bits per heavy atom. The highest BCUT2D eigenvalue weighted by atomic mass is 16.7. The maximum atomic E-state index is 11.8. The number of rotatable bonds is 21. The van der Waals surface area contributed by atoms with E-state index in [1.807, 2.05) is 189 Å². The van der Waals surface area contributed by atoms with Crippen molar-refractivity contribution >= 4 is 0 Å². The van der Waals surface area contributed by atoms with Gasteiger partial charge in [0.25, 0.3) is 0 Å². The molecule has 0 amide bonds. The van der Waals surface area contributed by atoms with Crippen LogP contribution in [0.1, 0.15) is 40.3 Å². The molecule has 0 spiro atoms. The first-order chi connectivity index (χ1) is 31.6. The van der Waals surface area contributed by atoms with Crippen LogP contribution in [0.5, 0.6) is 0 Å². The molecule has 2 fully saturated rings. The largest absolute Gasteiger partial charge is 0.374 e. The third-order valence-electron chi connectivity index (χ3n) is 11.4. The second-order valence-corrected chi connectivity index (χ2v) is 16.2. The molecule has 64 heavy (non-hydrogen) atoms. The lowest BCUT2D eigenvalue weighted by Gasteiger charge is -2.49. The van der Waals surface area contributed by atoms with Crippen LogP contribution in [0.25, 0.3) is 0 Å². The van der Waals surface area contributed by atoms with E-state index in [0.29, 0.717) is 19.8 Å². The summed E-state index contributed by atoms with van der Waals surface area (Å²) in [5.74, 6) is 0. The molecule has 1 unspecified atom stereocenters. The predicted octanol–water partition coefficient (Wildman–Crippen LogP) is 8.98. The number of aliphatic hydroxyl groups is 1. The molecule has 2 aliphatic rings. The van der Waals surface area contributed by atoms with E-state index >= 15 is 0 Å². The van der Waals surface area contributed by atoms with E-state index in [4.69, 9.17) is 42.6 Å². The van der Waals surface area contributed by atoms with Crippen molar-refractivity contribution in [3.8, 4) is 0 Å². The van der Waals surface area contributed by atoms with E-state index in [9.17, 15) is 5.11 Å². The first-order valence-corrected chi connectivity index (χ1v) is 22.1. The molecule has 0 radical (unpaired) electrons. The monoisotopic (exact) mass is 866 g/mol. The number of hydrogen-bond donors (Lipinski definition) is 1. The van der Waals surface area contributed by atoms with Crippen LogP contribution >= 0.6 is 0 Å². The highest BCUT2D eigenvalue weighted by Crippen LogP contribution is 2.36. The Morgan fingerprint density at radius 3 is 1.11 bits per heavy atom. The summed E-state index contributed by atoms with van der Waals surface area (Å²) in [6.45, 7) is 3.67. The van der Waals surface area contributed by atoms with E-state index in [-0.39, 0.29) is 26.4 Å². The average Bonchev–Trinajstić information content (AvgIpc) is 3.34. The summed E-state index contributed by atoms with van der Waals surface area (Å²) in [6, 6.07) is 59.7. The van der Waals surface area contributed by atoms with Crippen LogP contribution in [0.3, 0.4) is 0 Å². The van der Waals surface area contributed by atoms with Crippen molar-refractivity contribution in [1.29, 1.82) is 0 Å². The van der Waals surface area contributed by atoms with Gasteiger partial charge in [0, 0.05) is 0 Å². The molecule has 0 saturated carbocycles. The summed E-state index contributed by atoms with van der Waals surface area (Å²) in [5.41, 5.74) is 5.87. The van der Waals surface area contributed by atoms with Crippen LogP contribution in [-0.4, -0.2) is 73.1 Å². The van der Waals surface area contributed by atoms with Crippen molar-refractivity contribution in [2.75, 3.05) is 6.61 Å². The van der Waals surface area contributed by atoms with E-state index in [0.717, 1.165) is 33.4 Å². The van der Waals surface area contributed by atoms with Gasteiger partial charge in [0.1, 0.15) is 42.7 Å². The van der Waals surface area contributed by atoms with Crippen molar-refractivity contribution in [3.63, 3.8) is 0 Å². The number of ether oxygens (including phenoxy) is 9. The number of hydrogen-bond acceptors (Lipinski definition) is 10. The fourth-order valence-corrected chi connectivity index (χ4v) is 8.09. The van der Waals surface area contributed by atoms with Crippen molar-refractivity contribution in [2.24, 2.45) is 0 Å². The van der Waals surface area contributed by atoms with Gasteiger partial charge in [-0.25, -0.2) is 0 Å². The van der Waals surface area contributed by atoms with Crippen molar-refractivity contribution in [2.45, 2.75) is 108 Å². The van der Waals surface area contributed by atoms with Gasteiger partial charge < -0.3 is 47.7 Å². The molecule has 10 heteroatoms. The van der Waals surface area contributed by atoms with Gasteiger partial charge in [-0.3, -0.25) is 0 Å². The van der Waals surface area contributed by atoms with Gasteiger partial charge in [0.05, 0.1) is 52.4 Å². The molecule has 10 atom stereocenters. The highest BCUT2D eigenvalue weighted by Gasteiger charge is 2.53. The van der Waals surface area contributed by atoms with Crippen molar-refractivity contribution in [3.05, 3.63) is 215 Å². The number of aliphatic hydroxyl groups excluding tert-OH is 1. The number of benzene rings is 6. The second kappa shape index (κ2) is 23.7. The second-order valence-electron chi connectivity index (χ2n) is 16.2. The minimum Gasteiger partial charge on any atom is -0.374 e. The lowest BCUT2D eigenvalue weighted by molar-refractivity contribution is -0.370. The predicted molar refractivity (Wildman–Crippen MR) is 241 cm³/mol. The highest BCUT2D eigenvalue weighted by molar-refractivity contribution is 5.18. The van der Waals surface area contributed by atoms with Gasteiger partial charge in [-0.05, 0) is 40.3 Å². The van der Waals surface area contributed by atoms with Gasteiger partial charge in [0.2, 0.25) is 0 Å². The maximum Gasteiger partial charge on any atom is 0.187 e. The Hall–Kier alpha value is -5.08. The van der Waals surface area contributed by atoms with Gasteiger partial charge in [-0.15, -0.1) is 0 Å². The minimum atomic E-state index is -1.37. The first-order valence-electron chi connectivity index (χ1n) is 22.1. The SMILES string of the molecule is C[C@H]1O[C@@H](O[C@H]2[C@H](OCc3ccccc3)[C@@H](OCc3ccccc3)C(O)O[C@@H]2COCc2ccccc2)[C@H](OCc2ccccc2)[C@@H](OCc2ccccc2)[C@@H]1OCc1ccccc1. The molecule has 1 N–H and O–H groups in total. The summed E-state index contributed by atoms with van der Waals surface area (Å²) in [4.78, 5) is 0. The molecule has 0 bridgehead atoms. The molecule has 0 aliphatic carbocycles. The standard InChI is InChI=1S/C54H58O10/c1-39-47(57-33-41-22-10-3-11-23-41)49(58-34-42-24-12-4-13-25-42)52(61-37-45-30-18-7-19-31-45)54(62-39)64-48-46(38-56-32-40-20-8-2-9-21-40)63-53(55)51(60-36-44-28-16-6-17-29-44)50(48)59-35-43-26-14-5-15-27-43/h2-31,39,46-55H,32-38H2,1H3/t39-,46-,47-,48-,49+,50+,51-,52-,53?,54+/m1/s1. The molecular formula is C54H58O10. The fraction of sp³-hybridized carbons (Fsp3) is 0.333. The zero-order chi connectivity index (χ0) is 43.8. The minimum absolute atomic E-state index is 0.0712. The van der Waals surface area contributed by atoms with Gasteiger partial charge in [-0.1, -0.05) is 182 Å². The molecule has 334 valence electrons. The zero-order valence-corrected chi connectivity index (χ0v) is 36.2. The third kappa shape index (κ3) is 12.8. The Bertz CT molecular complexity index is 2190. The fourth-order valence-electron chi connectivity index (χ4n) is 8.09. The average molecular weight is 867 g/mol. The van der Waals surface area contributed by atoms with Gasteiger partial charge >= 0.3 is 0 Å². The summed E-state index contributed by atoms with van der Waals surface area (Å²) >= 11 is 0. The Labute approximate surface area is 376 Å². The van der Waals surface area contributed by atoms with Gasteiger partial charge in [-0.2, -0.15) is 0 Å². The summed E-state index contributed by atoms with van der Waals surface area (Å²) in [7, 11) is 0. The van der Waals surface area contributed by atoms with E-state index in [1.54, 1.807) is 0 Å². The Balaban J connectivity index is 1.14. The van der Waals surface area contributed by atoms with Crippen molar-refractivity contribution < 1.29 is 47.7 Å². The van der Waals surface area contributed by atoms with Crippen LogP contribution < -0.4 is 0 Å². The molecule has 2 saturated heterocycles. The van der Waals surface area contributed by atoms with Crippen LogP contribution in [0.4, 0.5) is 0 Å². The molecule has 6 aromatic rings. The Morgan fingerprint density at radius 1 is 0.375 bits per heavy atom. The molecule has 2 aliphatic heterocycles. The van der Waals surface area contributed by atoms with E-state index in [1.165, 1.54) is 0 Å².